The van der Waals surface area contributed by atoms with E-state index in [1.807, 2.05) is 12.1 Å². The van der Waals surface area contributed by atoms with Gasteiger partial charge in [0.2, 0.25) is 0 Å². The van der Waals surface area contributed by atoms with E-state index in [0.29, 0.717) is 11.4 Å². The third-order valence-corrected chi connectivity index (χ3v) is 1.56. The molecule has 0 radical (unpaired) electrons. The normalized spacial score (nSPS) is 14.2. The van der Waals surface area contributed by atoms with Gasteiger partial charge in [0, 0.05) is 6.08 Å². The van der Waals surface area contributed by atoms with Crippen molar-refractivity contribution in [3.8, 4) is 5.75 Å². The molecule has 0 bridgehead atoms. The monoisotopic (exact) mass is 161 g/mol. The topological polar surface area (TPSA) is 38.3 Å². The summed E-state index contributed by atoms with van der Waals surface area (Å²) in [6, 6.07) is 7.28. The van der Waals surface area contributed by atoms with E-state index in [2.05, 4.69) is 5.32 Å². The van der Waals surface area contributed by atoms with Crippen LogP contribution in [0.15, 0.2) is 36.6 Å². The van der Waals surface area contributed by atoms with Gasteiger partial charge in [-0.25, -0.2) is 0 Å². The van der Waals surface area contributed by atoms with Crippen LogP contribution >= 0.6 is 0 Å². The van der Waals surface area contributed by atoms with Gasteiger partial charge in [0.25, 0.3) is 5.91 Å². The van der Waals surface area contributed by atoms with Gasteiger partial charge < -0.3 is 10.1 Å². The lowest BCUT2D eigenvalue weighted by Crippen LogP contribution is -2.05. The Labute approximate surface area is 69.7 Å². The van der Waals surface area contributed by atoms with Crippen LogP contribution in [0.4, 0.5) is 5.69 Å². The zero-order valence-corrected chi connectivity index (χ0v) is 6.28. The van der Waals surface area contributed by atoms with Crippen LogP contribution in [-0.2, 0) is 4.79 Å². The Morgan fingerprint density at radius 2 is 2.08 bits per heavy atom. The highest BCUT2D eigenvalue weighted by atomic mass is 16.5. The van der Waals surface area contributed by atoms with Crippen LogP contribution < -0.4 is 10.1 Å². The average Bonchev–Trinajstić information content (AvgIpc) is 2.25. The molecular formula is C9H7NO2. The molecule has 0 aromatic heterocycles. The van der Waals surface area contributed by atoms with Gasteiger partial charge in [-0.15, -0.1) is 0 Å². The molecule has 0 fully saturated rings. The lowest BCUT2D eigenvalue weighted by Gasteiger charge is -2.03. The molecule has 0 spiro atoms. The molecule has 0 aliphatic carbocycles. The van der Waals surface area contributed by atoms with Gasteiger partial charge in [0.15, 0.2) is 0 Å². The van der Waals surface area contributed by atoms with Crippen LogP contribution in [0.2, 0.25) is 0 Å². The zero-order valence-electron chi connectivity index (χ0n) is 6.28. The summed E-state index contributed by atoms with van der Waals surface area (Å²) in [5, 5.41) is 2.67. The molecule has 0 saturated heterocycles. The first kappa shape index (κ1) is 6.91. The fraction of sp³-hybridized carbons (Fsp3) is 0. The third kappa shape index (κ3) is 1.16. The summed E-state index contributed by atoms with van der Waals surface area (Å²) in [5.74, 6) is 0.500. The number of rotatable bonds is 0. The van der Waals surface area contributed by atoms with E-state index in [4.69, 9.17) is 4.74 Å². The van der Waals surface area contributed by atoms with Gasteiger partial charge in [-0.3, -0.25) is 4.79 Å². The lowest BCUT2D eigenvalue weighted by molar-refractivity contribution is -0.111. The van der Waals surface area contributed by atoms with Crippen molar-refractivity contribution in [3.05, 3.63) is 36.6 Å². The molecular weight excluding hydrogens is 154 g/mol. The number of ether oxygens (including phenoxy) is 1. The summed E-state index contributed by atoms with van der Waals surface area (Å²) in [5.41, 5.74) is 0.701. The number of amides is 1. The van der Waals surface area contributed by atoms with Crippen molar-refractivity contribution < 1.29 is 9.53 Å². The number of hydrogen-bond donors (Lipinski definition) is 1. The van der Waals surface area contributed by atoms with Gasteiger partial charge in [0.05, 0.1) is 11.9 Å². The molecule has 1 aromatic rings. The molecule has 0 unspecified atom stereocenters. The largest absolute Gasteiger partial charge is 0.463 e. The van der Waals surface area contributed by atoms with E-state index >= 15 is 0 Å². The van der Waals surface area contributed by atoms with E-state index in [9.17, 15) is 4.79 Å². The standard InChI is InChI=1S/C9H7NO2/c11-9-5-6-12-8-4-2-1-3-7(8)10-9/h1-6H,(H,10,11). The fourth-order valence-corrected chi connectivity index (χ4v) is 1.02. The summed E-state index contributed by atoms with van der Waals surface area (Å²) >= 11 is 0. The highest BCUT2D eigenvalue weighted by Crippen LogP contribution is 2.25. The van der Waals surface area contributed by atoms with E-state index in [1.54, 1.807) is 12.1 Å². The number of para-hydroxylation sites is 2. The summed E-state index contributed by atoms with van der Waals surface area (Å²) < 4.78 is 5.15. The molecule has 0 saturated carbocycles. The number of fused-ring (bicyclic) bond motifs is 1. The van der Waals surface area contributed by atoms with Crippen LogP contribution in [0, 0.1) is 0 Å². The Morgan fingerprint density at radius 1 is 1.25 bits per heavy atom. The average molecular weight is 161 g/mol. The second-order valence-corrected chi connectivity index (χ2v) is 2.41. The predicted molar refractivity (Wildman–Crippen MR) is 44.8 cm³/mol. The lowest BCUT2D eigenvalue weighted by atomic mass is 10.3. The molecule has 60 valence electrons. The Balaban J connectivity index is 2.44. The molecule has 3 heteroatoms. The van der Waals surface area contributed by atoms with Crippen LogP contribution in [0.1, 0.15) is 0 Å². The van der Waals surface area contributed by atoms with Crippen molar-refractivity contribution in [2.24, 2.45) is 0 Å². The van der Waals surface area contributed by atoms with Crippen LogP contribution in [0.5, 0.6) is 5.75 Å². The summed E-state index contributed by atoms with van der Waals surface area (Å²) in [6.07, 6.45) is 2.72. The number of benzene rings is 1. The minimum absolute atomic E-state index is 0.167. The van der Waals surface area contributed by atoms with E-state index < -0.39 is 0 Å². The Bertz CT molecular complexity index is 344. The number of carbonyl (C=O) groups excluding carboxylic acids is 1. The predicted octanol–water partition coefficient (Wildman–Crippen LogP) is 1.53. The summed E-state index contributed by atoms with van der Waals surface area (Å²) in [6.45, 7) is 0. The molecule has 0 atom stereocenters. The highest BCUT2D eigenvalue weighted by molar-refractivity contribution is 6.00. The fourth-order valence-electron chi connectivity index (χ4n) is 1.02. The molecule has 3 nitrogen and oxygen atoms in total. The number of nitrogens with one attached hydrogen (secondary N) is 1. The van der Waals surface area contributed by atoms with E-state index in [0.717, 1.165) is 0 Å². The number of anilines is 1. The van der Waals surface area contributed by atoms with Crippen molar-refractivity contribution >= 4 is 11.6 Å². The van der Waals surface area contributed by atoms with Crippen molar-refractivity contribution in [1.29, 1.82) is 0 Å². The van der Waals surface area contributed by atoms with Crippen molar-refractivity contribution in [2.45, 2.75) is 0 Å². The number of carbonyl (C=O) groups is 1. The van der Waals surface area contributed by atoms with Crippen LogP contribution in [-0.4, -0.2) is 5.91 Å². The summed E-state index contributed by atoms with van der Waals surface area (Å²) in [4.78, 5) is 11.0. The smallest absolute Gasteiger partial charge is 0.251 e. The molecule has 2 rings (SSSR count). The van der Waals surface area contributed by atoms with Gasteiger partial charge in [-0.2, -0.15) is 0 Å². The Morgan fingerprint density at radius 3 is 3.00 bits per heavy atom. The Hall–Kier alpha value is -1.77. The van der Waals surface area contributed by atoms with Crippen molar-refractivity contribution in [3.63, 3.8) is 0 Å². The zero-order chi connectivity index (χ0) is 8.39. The molecule has 1 amide bonds. The quantitative estimate of drug-likeness (QED) is 0.626. The Kier molecular flexibility index (Phi) is 1.55. The molecule has 1 aliphatic rings. The first-order chi connectivity index (χ1) is 5.86. The van der Waals surface area contributed by atoms with Crippen LogP contribution in [0.25, 0.3) is 0 Å². The SMILES string of the molecule is O=C1C=COc2ccccc2N1. The molecule has 1 aliphatic heterocycles. The molecule has 12 heavy (non-hydrogen) atoms. The second-order valence-electron chi connectivity index (χ2n) is 2.41. The van der Waals surface area contributed by atoms with Crippen molar-refractivity contribution in [1.82, 2.24) is 0 Å². The third-order valence-electron chi connectivity index (χ3n) is 1.56. The summed E-state index contributed by atoms with van der Waals surface area (Å²) in [7, 11) is 0. The maximum Gasteiger partial charge on any atom is 0.251 e. The van der Waals surface area contributed by atoms with Gasteiger partial charge in [-0.1, -0.05) is 12.1 Å². The van der Waals surface area contributed by atoms with Crippen molar-refractivity contribution in [2.75, 3.05) is 5.32 Å². The molecule has 1 N–H and O–H groups in total. The van der Waals surface area contributed by atoms with Gasteiger partial charge in [-0.05, 0) is 12.1 Å². The maximum absolute atomic E-state index is 11.0. The van der Waals surface area contributed by atoms with E-state index in [1.165, 1.54) is 12.3 Å². The van der Waals surface area contributed by atoms with Gasteiger partial charge >= 0.3 is 0 Å². The van der Waals surface area contributed by atoms with Crippen LogP contribution in [0.3, 0.4) is 0 Å². The van der Waals surface area contributed by atoms with E-state index in [-0.39, 0.29) is 5.91 Å². The minimum Gasteiger partial charge on any atom is -0.463 e. The first-order valence-electron chi connectivity index (χ1n) is 3.59. The maximum atomic E-state index is 11.0. The van der Waals surface area contributed by atoms with Gasteiger partial charge in [0.1, 0.15) is 5.75 Å². The minimum atomic E-state index is -0.167. The first-order valence-corrected chi connectivity index (χ1v) is 3.59. The second kappa shape index (κ2) is 2.70. The molecule has 1 aromatic carbocycles. The molecule has 1 heterocycles. The highest BCUT2D eigenvalue weighted by Gasteiger charge is 2.07. The number of hydrogen-bond acceptors (Lipinski definition) is 2.